The third kappa shape index (κ3) is 4.23. The summed E-state index contributed by atoms with van der Waals surface area (Å²) in [5.74, 6) is 1.65. The van der Waals surface area contributed by atoms with E-state index in [1.54, 1.807) is 6.33 Å². The molecule has 0 saturated carbocycles. The number of nitrogens with one attached hydrogen (secondary N) is 2. The summed E-state index contributed by atoms with van der Waals surface area (Å²) < 4.78 is 0. The van der Waals surface area contributed by atoms with Crippen LogP contribution in [-0.2, 0) is 0 Å². The monoisotopic (exact) mass is 270 g/mol. The molecule has 0 radical (unpaired) electrons. The number of hydrogen-bond donors (Lipinski definition) is 2. The Hall–Kier alpha value is -2.10. The van der Waals surface area contributed by atoms with Crippen molar-refractivity contribution in [3.63, 3.8) is 0 Å². The molecule has 106 valence electrons. The van der Waals surface area contributed by atoms with Gasteiger partial charge in [0.25, 0.3) is 0 Å². The lowest BCUT2D eigenvalue weighted by Crippen LogP contribution is -2.26. The van der Waals surface area contributed by atoms with Gasteiger partial charge in [-0.3, -0.25) is 0 Å². The summed E-state index contributed by atoms with van der Waals surface area (Å²) in [6.07, 6.45) is 1.58. The first-order chi connectivity index (χ1) is 9.44. The van der Waals surface area contributed by atoms with Crippen molar-refractivity contribution in [1.29, 1.82) is 0 Å². The van der Waals surface area contributed by atoms with Crippen molar-refractivity contribution in [2.45, 2.75) is 39.3 Å². The summed E-state index contributed by atoms with van der Waals surface area (Å²) in [6, 6.07) is 12.4. The zero-order chi connectivity index (χ0) is 14.6. The van der Waals surface area contributed by atoms with E-state index in [-0.39, 0.29) is 11.6 Å². The smallest absolute Gasteiger partial charge is 0.131 e. The second kappa shape index (κ2) is 5.90. The first-order valence-corrected chi connectivity index (χ1v) is 6.86. The lowest BCUT2D eigenvalue weighted by molar-refractivity contribution is 0.630. The topological polar surface area (TPSA) is 49.8 Å². The fourth-order valence-electron chi connectivity index (χ4n) is 1.94. The second-order valence-corrected chi connectivity index (χ2v) is 5.94. The van der Waals surface area contributed by atoms with E-state index in [0.29, 0.717) is 0 Å². The Kier molecular flexibility index (Phi) is 4.23. The van der Waals surface area contributed by atoms with Crippen molar-refractivity contribution in [3.8, 4) is 0 Å². The number of aromatic nitrogens is 2. The minimum atomic E-state index is -0.0172. The molecule has 1 aromatic carbocycles. The predicted octanol–water partition coefficient (Wildman–Crippen LogP) is 3.86. The number of nitrogens with zero attached hydrogens (tertiary/aromatic N) is 2. The second-order valence-electron chi connectivity index (χ2n) is 5.94. The van der Waals surface area contributed by atoms with Gasteiger partial charge in [-0.1, -0.05) is 30.3 Å². The van der Waals surface area contributed by atoms with Gasteiger partial charge < -0.3 is 10.6 Å². The van der Waals surface area contributed by atoms with Crippen LogP contribution in [0.15, 0.2) is 42.7 Å². The Balaban J connectivity index is 2.08. The van der Waals surface area contributed by atoms with E-state index in [2.05, 4.69) is 60.4 Å². The van der Waals surface area contributed by atoms with Crippen molar-refractivity contribution >= 4 is 11.6 Å². The van der Waals surface area contributed by atoms with Gasteiger partial charge in [0.05, 0.1) is 0 Å². The summed E-state index contributed by atoms with van der Waals surface area (Å²) in [5.41, 5.74) is 1.22. The highest BCUT2D eigenvalue weighted by Crippen LogP contribution is 2.19. The Labute approximate surface area is 120 Å². The molecule has 20 heavy (non-hydrogen) atoms. The number of anilines is 2. The van der Waals surface area contributed by atoms with Crippen LogP contribution in [0.2, 0.25) is 0 Å². The molecule has 1 aromatic heterocycles. The van der Waals surface area contributed by atoms with Gasteiger partial charge in [0.2, 0.25) is 0 Å². The fraction of sp³-hybridized carbons (Fsp3) is 0.375. The van der Waals surface area contributed by atoms with Crippen LogP contribution in [0.1, 0.15) is 39.3 Å². The Morgan fingerprint density at radius 1 is 1.00 bits per heavy atom. The molecule has 0 saturated heterocycles. The molecular weight excluding hydrogens is 248 g/mol. The molecule has 0 fully saturated rings. The predicted molar refractivity (Wildman–Crippen MR) is 83.9 cm³/mol. The van der Waals surface area contributed by atoms with E-state index in [0.717, 1.165) is 11.6 Å². The number of rotatable bonds is 4. The molecule has 4 nitrogen and oxygen atoms in total. The van der Waals surface area contributed by atoms with Crippen LogP contribution in [0.4, 0.5) is 11.6 Å². The highest BCUT2D eigenvalue weighted by atomic mass is 15.1. The Bertz CT molecular complexity index is 546. The standard InChI is InChI=1S/C16H22N4/c1-12(13-8-6-5-7-9-13)19-14-10-15(18-11-17-14)20-16(2,3)4/h5-12H,1-4H3,(H2,17,18,19,20). The minimum absolute atomic E-state index is 0.0172. The van der Waals surface area contributed by atoms with Gasteiger partial charge in [-0.2, -0.15) is 0 Å². The zero-order valence-electron chi connectivity index (χ0n) is 12.5. The van der Waals surface area contributed by atoms with E-state index in [1.807, 2.05) is 24.3 Å². The normalized spacial score (nSPS) is 12.8. The highest BCUT2D eigenvalue weighted by Gasteiger charge is 2.11. The molecule has 2 aromatic rings. The van der Waals surface area contributed by atoms with Gasteiger partial charge in [-0.25, -0.2) is 9.97 Å². The highest BCUT2D eigenvalue weighted by molar-refractivity contribution is 5.48. The summed E-state index contributed by atoms with van der Waals surface area (Å²) in [4.78, 5) is 8.52. The van der Waals surface area contributed by atoms with Crippen molar-refractivity contribution in [3.05, 3.63) is 48.3 Å². The van der Waals surface area contributed by atoms with Crippen molar-refractivity contribution in [1.82, 2.24) is 9.97 Å². The average Bonchev–Trinajstić information content (AvgIpc) is 2.38. The van der Waals surface area contributed by atoms with Gasteiger partial charge >= 0.3 is 0 Å². The zero-order valence-corrected chi connectivity index (χ0v) is 12.5. The van der Waals surface area contributed by atoms with E-state index in [1.165, 1.54) is 5.56 Å². The van der Waals surface area contributed by atoms with Gasteiger partial charge in [-0.15, -0.1) is 0 Å². The number of benzene rings is 1. The lowest BCUT2D eigenvalue weighted by atomic mass is 10.1. The summed E-state index contributed by atoms with van der Waals surface area (Å²) >= 11 is 0. The van der Waals surface area contributed by atoms with Crippen LogP contribution in [0.25, 0.3) is 0 Å². The lowest BCUT2D eigenvalue weighted by Gasteiger charge is -2.22. The molecular formula is C16H22N4. The summed E-state index contributed by atoms with van der Waals surface area (Å²) in [6.45, 7) is 8.44. The SMILES string of the molecule is CC(Nc1cc(NC(C)(C)C)ncn1)c1ccccc1. The molecule has 0 spiro atoms. The quantitative estimate of drug-likeness (QED) is 0.885. The van der Waals surface area contributed by atoms with Crippen molar-refractivity contribution in [2.75, 3.05) is 10.6 Å². The minimum Gasteiger partial charge on any atom is -0.365 e. The van der Waals surface area contributed by atoms with E-state index in [9.17, 15) is 0 Å². The van der Waals surface area contributed by atoms with Crippen LogP contribution in [0.3, 0.4) is 0 Å². The third-order valence-corrected chi connectivity index (χ3v) is 2.83. The molecule has 4 heteroatoms. The molecule has 0 aliphatic carbocycles. The van der Waals surface area contributed by atoms with E-state index in [4.69, 9.17) is 0 Å². The first-order valence-electron chi connectivity index (χ1n) is 6.86. The molecule has 1 unspecified atom stereocenters. The molecule has 1 atom stereocenters. The third-order valence-electron chi connectivity index (χ3n) is 2.83. The molecule has 0 bridgehead atoms. The molecule has 2 N–H and O–H groups in total. The van der Waals surface area contributed by atoms with Gasteiger partial charge in [0, 0.05) is 17.6 Å². The maximum Gasteiger partial charge on any atom is 0.131 e. The fourth-order valence-corrected chi connectivity index (χ4v) is 1.94. The molecule has 1 heterocycles. The average molecular weight is 270 g/mol. The number of hydrogen-bond acceptors (Lipinski definition) is 4. The molecule has 0 amide bonds. The summed E-state index contributed by atoms with van der Waals surface area (Å²) in [7, 11) is 0. The van der Waals surface area contributed by atoms with Crippen LogP contribution >= 0.6 is 0 Å². The van der Waals surface area contributed by atoms with E-state index < -0.39 is 0 Å². The molecule has 0 aliphatic heterocycles. The van der Waals surface area contributed by atoms with E-state index >= 15 is 0 Å². The van der Waals surface area contributed by atoms with Crippen molar-refractivity contribution < 1.29 is 0 Å². The van der Waals surface area contributed by atoms with Gasteiger partial charge in [0.15, 0.2) is 0 Å². The van der Waals surface area contributed by atoms with Gasteiger partial charge in [-0.05, 0) is 33.3 Å². The maximum atomic E-state index is 4.27. The van der Waals surface area contributed by atoms with Crippen LogP contribution in [0, 0.1) is 0 Å². The Morgan fingerprint density at radius 3 is 2.30 bits per heavy atom. The summed E-state index contributed by atoms with van der Waals surface area (Å²) in [5, 5.41) is 6.74. The Morgan fingerprint density at radius 2 is 1.65 bits per heavy atom. The first kappa shape index (κ1) is 14.3. The largest absolute Gasteiger partial charge is 0.365 e. The molecule has 2 rings (SSSR count). The van der Waals surface area contributed by atoms with Crippen LogP contribution in [0.5, 0.6) is 0 Å². The molecule has 0 aliphatic rings. The van der Waals surface area contributed by atoms with Gasteiger partial charge in [0.1, 0.15) is 18.0 Å². The maximum absolute atomic E-state index is 4.27. The van der Waals surface area contributed by atoms with Crippen LogP contribution in [-0.4, -0.2) is 15.5 Å². The van der Waals surface area contributed by atoms with Crippen LogP contribution < -0.4 is 10.6 Å². The van der Waals surface area contributed by atoms with Crippen molar-refractivity contribution in [2.24, 2.45) is 0 Å².